The largest absolute Gasteiger partial charge is 0.264 e. The van der Waals surface area contributed by atoms with E-state index < -0.39 is 10.1 Å². The molecule has 16 heavy (non-hydrogen) atoms. The summed E-state index contributed by atoms with van der Waals surface area (Å²) < 4.78 is 26.3. The van der Waals surface area contributed by atoms with Crippen LogP contribution in [0.3, 0.4) is 0 Å². The third kappa shape index (κ3) is 3.23. The SMILES string of the molecule is CS(=O)(=O)OCc1nnc(C2CCCC2)s1. The lowest BCUT2D eigenvalue weighted by atomic mass is 10.1. The van der Waals surface area contributed by atoms with E-state index in [1.807, 2.05) is 0 Å². The molecule has 0 aromatic carbocycles. The molecule has 1 saturated carbocycles. The molecule has 1 aromatic heterocycles. The Hall–Kier alpha value is -0.530. The van der Waals surface area contributed by atoms with E-state index in [9.17, 15) is 8.42 Å². The van der Waals surface area contributed by atoms with Crippen molar-refractivity contribution in [2.24, 2.45) is 0 Å². The fourth-order valence-corrected chi connectivity index (χ4v) is 3.15. The summed E-state index contributed by atoms with van der Waals surface area (Å²) in [6.45, 7) is 0.00319. The zero-order valence-corrected chi connectivity index (χ0v) is 10.7. The third-order valence-electron chi connectivity index (χ3n) is 2.58. The standard InChI is InChI=1S/C9H14N2O3S2/c1-16(12,13)14-6-8-10-11-9(15-8)7-4-2-3-5-7/h7H,2-6H2,1H3. The number of rotatable bonds is 4. The molecule has 0 bridgehead atoms. The summed E-state index contributed by atoms with van der Waals surface area (Å²) >= 11 is 1.46. The summed E-state index contributed by atoms with van der Waals surface area (Å²) in [5.41, 5.74) is 0. The van der Waals surface area contributed by atoms with E-state index in [1.54, 1.807) is 0 Å². The highest BCUT2D eigenvalue weighted by Crippen LogP contribution is 2.35. The van der Waals surface area contributed by atoms with E-state index in [4.69, 9.17) is 0 Å². The van der Waals surface area contributed by atoms with E-state index in [1.165, 1.54) is 37.0 Å². The van der Waals surface area contributed by atoms with Crippen LogP contribution in [0.4, 0.5) is 0 Å². The summed E-state index contributed by atoms with van der Waals surface area (Å²) in [6, 6.07) is 0. The van der Waals surface area contributed by atoms with Gasteiger partial charge >= 0.3 is 0 Å². The molecule has 0 spiro atoms. The molecule has 0 N–H and O–H groups in total. The first-order valence-corrected chi connectivity index (χ1v) is 7.84. The summed E-state index contributed by atoms with van der Waals surface area (Å²) in [7, 11) is -3.39. The van der Waals surface area contributed by atoms with Crippen molar-refractivity contribution in [2.75, 3.05) is 6.26 Å². The molecule has 1 heterocycles. The monoisotopic (exact) mass is 262 g/mol. The molecule has 1 aromatic rings. The van der Waals surface area contributed by atoms with Gasteiger partial charge in [-0.05, 0) is 12.8 Å². The lowest BCUT2D eigenvalue weighted by Gasteiger charge is -2.00. The second-order valence-electron chi connectivity index (χ2n) is 3.98. The molecule has 0 atom stereocenters. The summed E-state index contributed by atoms with van der Waals surface area (Å²) in [5, 5.41) is 9.69. The average Bonchev–Trinajstić information content (AvgIpc) is 2.84. The molecule has 5 nitrogen and oxygen atoms in total. The van der Waals surface area contributed by atoms with Crippen molar-refractivity contribution >= 4 is 21.5 Å². The Bertz CT molecular complexity index is 449. The van der Waals surface area contributed by atoms with Crippen LogP contribution in [-0.2, 0) is 20.9 Å². The molecule has 0 radical (unpaired) electrons. The Labute approximate surface area is 99.0 Å². The van der Waals surface area contributed by atoms with Crippen molar-refractivity contribution in [3.63, 3.8) is 0 Å². The molecule has 1 aliphatic rings. The van der Waals surface area contributed by atoms with Gasteiger partial charge in [0.25, 0.3) is 10.1 Å². The first-order chi connectivity index (χ1) is 7.54. The first kappa shape index (κ1) is 11.9. The highest BCUT2D eigenvalue weighted by Gasteiger charge is 2.21. The second-order valence-corrected chi connectivity index (χ2v) is 6.72. The number of hydrogen-bond acceptors (Lipinski definition) is 6. The Morgan fingerprint density at radius 3 is 2.69 bits per heavy atom. The van der Waals surface area contributed by atoms with Crippen LogP contribution in [0.15, 0.2) is 0 Å². The van der Waals surface area contributed by atoms with Gasteiger partial charge in [-0.3, -0.25) is 4.18 Å². The van der Waals surface area contributed by atoms with Crippen LogP contribution >= 0.6 is 11.3 Å². The van der Waals surface area contributed by atoms with Gasteiger partial charge in [0.2, 0.25) is 0 Å². The summed E-state index contributed by atoms with van der Waals surface area (Å²) in [6.07, 6.45) is 5.87. The van der Waals surface area contributed by atoms with Crippen molar-refractivity contribution in [3.8, 4) is 0 Å². The maximum atomic E-state index is 10.8. The van der Waals surface area contributed by atoms with Gasteiger partial charge in [0.05, 0.1) is 6.26 Å². The Morgan fingerprint density at radius 1 is 1.38 bits per heavy atom. The first-order valence-electron chi connectivity index (χ1n) is 5.21. The van der Waals surface area contributed by atoms with Crippen molar-refractivity contribution in [2.45, 2.75) is 38.2 Å². The topological polar surface area (TPSA) is 69.2 Å². The van der Waals surface area contributed by atoms with Gasteiger partial charge in [-0.25, -0.2) is 0 Å². The number of nitrogens with zero attached hydrogens (tertiary/aromatic N) is 2. The third-order valence-corrected chi connectivity index (χ3v) is 4.19. The van der Waals surface area contributed by atoms with Crippen LogP contribution in [0, 0.1) is 0 Å². The minimum absolute atomic E-state index is 0.00319. The highest BCUT2D eigenvalue weighted by molar-refractivity contribution is 7.85. The maximum Gasteiger partial charge on any atom is 0.264 e. The summed E-state index contributed by atoms with van der Waals surface area (Å²) in [5.74, 6) is 0.518. The summed E-state index contributed by atoms with van der Waals surface area (Å²) in [4.78, 5) is 0. The lowest BCUT2D eigenvalue weighted by molar-refractivity contribution is 0.310. The van der Waals surface area contributed by atoms with E-state index in [0.29, 0.717) is 10.9 Å². The predicted molar refractivity (Wildman–Crippen MR) is 60.8 cm³/mol. The predicted octanol–water partition coefficient (Wildman–Crippen LogP) is 1.67. The smallest absolute Gasteiger partial charge is 0.263 e. The van der Waals surface area contributed by atoms with Gasteiger partial charge < -0.3 is 0 Å². The maximum absolute atomic E-state index is 10.8. The number of hydrogen-bond donors (Lipinski definition) is 0. The molecule has 90 valence electrons. The molecule has 1 aliphatic carbocycles. The molecule has 0 unspecified atom stereocenters. The van der Waals surface area contributed by atoms with Crippen molar-refractivity contribution < 1.29 is 12.6 Å². The van der Waals surface area contributed by atoms with E-state index in [0.717, 1.165) is 11.3 Å². The second kappa shape index (κ2) is 4.77. The van der Waals surface area contributed by atoms with Crippen molar-refractivity contribution in [1.29, 1.82) is 0 Å². The fourth-order valence-electron chi connectivity index (χ4n) is 1.82. The minimum Gasteiger partial charge on any atom is -0.263 e. The van der Waals surface area contributed by atoms with Crippen LogP contribution in [0.25, 0.3) is 0 Å². The molecule has 1 fully saturated rings. The van der Waals surface area contributed by atoms with Crippen LogP contribution < -0.4 is 0 Å². The molecule has 0 amide bonds. The van der Waals surface area contributed by atoms with Gasteiger partial charge in [0.15, 0.2) is 0 Å². The molecule has 7 heteroatoms. The quantitative estimate of drug-likeness (QED) is 0.772. The number of aromatic nitrogens is 2. The van der Waals surface area contributed by atoms with Gasteiger partial charge in [-0.15, -0.1) is 10.2 Å². The normalized spacial score (nSPS) is 18.1. The molecular formula is C9H14N2O3S2. The Balaban J connectivity index is 1.96. The molecule has 0 saturated heterocycles. The van der Waals surface area contributed by atoms with E-state index in [2.05, 4.69) is 14.4 Å². The fraction of sp³-hybridized carbons (Fsp3) is 0.778. The van der Waals surface area contributed by atoms with E-state index in [-0.39, 0.29) is 6.61 Å². The minimum atomic E-state index is -3.39. The Morgan fingerprint density at radius 2 is 2.06 bits per heavy atom. The average molecular weight is 262 g/mol. The van der Waals surface area contributed by atoms with Gasteiger partial charge in [-0.1, -0.05) is 24.2 Å². The highest BCUT2D eigenvalue weighted by atomic mass is 32.2. The van der Waals surface area contributed by atoms with Crippen LogP contribution in [0.5, 0.6) is 0 Å². The molecule has 2 rings (SSSR count). The van der Waals surface area contributed by atoms with Crippen molar-refractivity contribution in [3.05, 3.63) is 10.0 Å². The van der Waals surface area contributed by atoms with Crippen LogP contribution in [0.1, 0.15) is 41.6 Å². The lowest BCUT2D eigenvalue weighted by Crippen LogP contribution is -2.02. The molecule has 0 aliphatic heterocycles. The van der Waals surface area contributed by atoms with Gasteiger partial charge in [-0.2, -0.15) is 8.42 Å². The van der Waals surface area contributed by atoms with Crippen molar-refractivity contribution in [1.82, 2.24) is 10.2 Å². The zero-order valence-electron chi connectivity index (χ0n) is 9.05. The van der Waals surface area contributed by atoms with Crippen LogP contribution in [0.2, 0.25) is 0 Å². The zero-order chi connectivity index (χ0) is 11.6. The van der Waals surface area contributed by atoms with Gasteiger partial charge in [0.1, 0.15) is 16.6 Å². The molecular weight excluding hydrogens is 248 g/mol. The van der Waals surface area contributed by atoms with Crippen LogP contribution in [-0.4, -0.2) is 24.9 Å². The Kier molecular flexibility index (Phi) is 3.56. The van der Waals surface area contributed by atoms with Gasteiger partial charge in [0, 0.05) is 5.92 Å². The van der Waals surface area contributed by atoms with E-state index >= 15 is 0 Å².